The maximum absolute atomic E-state index is 11.3. The zero-order valence-electron chi connectivity index (χ0n) is 9.82. The fraction of sp³-hybridized carbons (Fsp3) is 0.583. The Morgan fingerprint density at radius 3 is 2.13 bits per heavy atom. The van der Waals surface area contributed by atoms with Gasteiger partial charge < -0.3 is 9.67 Å². The second-order valence-corrected chi connectivity index (χ2v) is 4.24. The van der Waals surface area contributed by atoms with Gasteiger partial charge in [-0.1, -0.05) is 6.92 Å². The van der Waals surface area contributed by atoms with E-state index in [1.54, 1.807) is 12.1 Å². The smallest absolute Gasteiger partial charge is 0.182 e. The lowest BCUT2D eigenvalue weighted by atomic mass is 10.0. The topological polar surface area (TPSA) is 42.2 Å². The summed E-state index contributed by atoms with van der Waals surface area (Å²) in [6, 6.07) is 3.47. The molecule has 1 N–H and O–H groups in total. The average Bonchev–Trinajstić information content (AvgIpc) is 2.14. The largest absolute Gasteiger partial charge is 0.396 e. The molecule has 3 heteroatoms. The van der Waals surface area contributed by atoms with Crippen molar-refractivity contribution < 1.29 is 5.11 Å². The number of nitrogens with zero attached hydrogens (tertiary/aromatic N) is 1. The zero-order chi connectivity index (χ0) is 11.6. The van der Waals surface area contributed by atoms with Crippen molar-refractivity contribution in [2.75, 3.05) is 6.61 Å². The summed E-state index contributed by atoms with van der Waals surface area (Å²) in [4.78, 5) is 11.3. The summed E-state index contributed by atoms with van der Waals surface area (Å²) in [6.45, 7) is 8.07. The van der Waals surface area contributed by atoms with E-state index in [2.05, 4.69) is 11.5 Å². The lowest BCUT2D eigenvalue weighted by Gasteiger charge is -2.25. The van der Waals surface area contributed by atoms with E-state index in [9.17, 15) is 4.79 Å². The van der Waals surface area contributed by atoms with Crippen molar-refractivity contribution in [2.45, 2.75) is 33.7 Å². The van der Waals surface area contributed by atoms with Crippen LogP contribution in [0.1, 0.15) is 31.3 Å². The molecule has 1 aromatic rings. The van der Waals surface area contributed by atoms with Crippen molar-refractivity contribution in [1.29, 1.82) is 0 Å². The lowest BCUT2D eigenvalue weighted by molar-refractivity contribution is 0.195. The Kier molecular flexibility index (Phi) is 3.69. The number of aryl methyl sites for hydroxylation is 2. The highest BCUT2D eigenvalue weighted by Gasteiger charge is 2.15. The van der Waals surface area contributed by atoms with E-state index in [1.807, 2.05) is 20.8 Å². The molecule has 2 unspecified atom stereocenters. The molecule has 1 aromatic heterocycles. The van der Waals surface area contributed by atoms with Crippen LogP contribution >= 0.6 is 0 Å². The predicted molar refractivity (Wildman–Crippen MR) is 61.1 cm³/mol. The molecule has 1 rings (SSSR count). The van der Waals surface area contributed by atoms with Crippen molar-refractivity contribution in [3.63, 3.8) is 0 Å². The van der Waals surface area contributed by atoms with Crippen molar-refractivity contribution in [1.82, 2.24) is 4.57 Å². The number of hydrogen-bond donors (Lipinski definition) is 1. The van der Waals surface area contributed by atoms with Crippen LogP contribution in [0, 0.1) is 19.8 Å². The number of rotatable bonds is 3. The van der Waals surface area contributed by atoms with Gasteiger partial charge >= 0.3 is 0 Å². The third-order valence-corrected chi connectivity index (χ3v) is 2.98. The molecule has 0 bridgehead atoms. The summed E-state index contributed by atoms with van der Waals surface area (Å²) in [7, 11) is 0. The number of hydrogen-bond acceptors (Lipinski definition) is 2. The first-order valence-electron chi connectivity index (χ1n) is 5.28. The van der Waals surface area contributed by atoms with Crippen LogP contribution in [-0.2, 0) is 0 Å². The second-order valence-electron chi connectivity index (χ2n) is 4.24. The highest BCUT2D eigenvalue weighted by atomic mass is 16.3. The number of aliphatic hydroxyl groups excluding tert-OH is 1. The second kappa shape index (κ2) is 4.62. The SMILES string of the molecule is Cc1cc(=O)cc(C)n1C(C)C(C)CO. The van der Waals surface area contributed by atoms with E-state index in [1.165, 1.54) is 0 Å². The molecule has 0 radical (unpaired) electrons. The molecule has 3 nitrogen and oxygen atoms in total. The first kappa shape index (κ1) is 12.0. The molecule has 0 aliphatic rings. The van der Waals surface area contributed by atoms with E-state index in [-0.39, 0.29) is 24.0 Å². The molecule has 0 saturated carbocycles. The molecule has 0 aliphatic carbocycles. The van der Waals surface area contributed by atoms with Crippen LogP contribution in [0.2, 0.25) is 0 Å². The first-order valence-corrected chi connectivity index (χ1v) is 5.28. The third kappa shape index (κ3) is 2.48. The van der Waals surface area contributed by atoms with Gasteiger partial charge in [-0.15, -0.1) is 0 Å². The van der Waals surface area contributed by atoms with Crippen molar-refractivity contribution in [2.24, 2.45) is 5.92 Å². The van der Waals surface area contributed by atoms with Crippen LogP contribution in [0.15, 0.2) is 16.9 Å². The molecule has 2 atom stereocenters. The van der Waals surface area contributed by atoms with E-state index < -0.39 is 0 Å². The number of pyridine rings is 1. The van der Waals surface area contributed by atoms with Gasteiger partial charge in [0.2, 0.25) is 0 Å². The molecule has 0 spiro atoms. The number of aliphatic hydroxyl groups is 1. The Bertz CT molecular complexity index is 369. The van der Waals surface area contributed by atoms with E-state index in [4.69, 9.17) is 5.11 Å². The van der Waals surface area contributed by atoms with Gasteiger partial charge in [0.25, 0.3) is 0 Å². The predicted octanol–water partition coefficient (Wildman–Crippen LogP) is 1.65. The Balaban J connectivity index is 3.19. The molecule has 0 aromatic carbocycles. The molecule has 0 fully saturated rings. The van der Waals surface area contributed by atoms with E-state index in [0.717, 1.165) is 11.4 Å². The molecule has 15 heavy (non-hydrogen) atoms. The Hall–Kier alpha value is -1.09. The van der Waals surface area contributed by atoms with Crippen LogP contribution in [0.25, 0.3) is 0 Å². The number of aromatic nitrogens is 1. The molecule has 0 amide bonds. The Labute approximate surface area is 90.4 Å². The maximum Gasteiger partial charge on any atom is 0.182 e. The molecule has 1 heterocycles. The fourth-order valence-electron chi connectivity index (χ4n) is 1.92. The van der Waals surface area contributed by atoms with Gasteiger partial charge in [-0.05, 0) is 26.7 Å². The van der Waals surface area contributed by atoms with E-state index in [0.29, 0.717) is 0 Å². The summed E-state index contributed by atoms with van der Waals surface area (Å²) in [5.74, 6) is 0.185. The minimum absolute atomic E-state index is 0.0464. The average molecular weight is 209 g/mol. The minimum Gasteiger partial charge on any atom is -0.396 e. The first-order chi connectivity index (χ1) is 6.97. The van der Waals surface area contributed by atoms with Crippen molar-refractivity contribution in [3.8, 4) is 0 Å². The summed E-state index contributed by atoms with van der Waals surface area (Å²) < 4.78 is 2.10. The Morgan fingerprint density at radius 1 is 1.27 bits per heavy atom. The van der Waals surface area contributed by atoms with Gasteiger partial charge in [-0.2, -0.15) is 0 Å². The Morgan fingerprint density at radius 2 is 1.73 bits per heavy atom. The molecular formula is C12H19NO2. The van der Waals surface area contributed by atoms with Crippen LogP contribution in [-0.4, -0.2) is 16.3 Å². The van der Waals surface area contributed by atoms with Gasteiger partial charge in [0, 0.05) is 36.2 Å². The van der Waals surface area contributed by atoms with Crippen LogP contribution in [0.4, 0.5) is 0 Å². The molecule has 0 saturated heterocycles. The van der Waals surface area contributed by atoms with Crippen LogP contribution < -0.4 is 5.43 Å². The monoisotopic (exact) mass is 209 g/mol. The molecule has 84 valence electrons. The van der Waals surface area contributed by atoms with Gasteiger partial charge in [0.05, 0.1) is 0 Å². The van der Waals surface area contributed by atoms with Crippen molar-refractivity contribution >= 4 is 0 Å². The van der Waals surface area contributed by atoms with Gasteiger partial charge in [0.1, 0.15) is 0 Å². The quantitative estimate of drug-likeness (QED) is 0.822. The fourth-order valence-corrected chi connectivity index (χ4v) is 1.92. The highest BCUT2D eigenvalue weighted by Crippen LogP contribution is 2.20. The molecular weight excluding hydrogens is 190 g/mol. The van der Waals surface area contributed by atoms with Crippen LogP contribution in [0.5, 0.6) is 0 Å². The van der Waals surface area contributed by atoms with Gasteiger partial charge in [0.15, 0.2) is 5.43 Å². The van der Waals surface area contributed by atoms with Crippen LogP contribution in [0.3, 0.4) is 0 Å². The molecule has 0 aliphatic heterocycles. The summed E-state index contributed by atoms with van der Waals surface area (Å²) in [5.41, 5.74) is 1.95. The third-order valence-electron chi connectivity index (χ3n) is 2.98. The summed E-state index contributed by atoms with van der Waals surface area (Å²) >= 11 is 0. The highest BCUT2D eigenvalue weighted by molar-refractivity contribution is 5.13. The van der Waals surface area contributed by atoms with Gasteiger partial charge in [-0.3, -0.25) is 4.79 Å². The van der Waals surface area contributed by atoms with Crippen molar-refractivity contribution in [3.05, 3.63) is 33.7 Å². The summed E-state index contributed by atoms with van der Waals surface area (Å²) in [6.07, 6.45) is 0. The standard InChI is InChI=1S/C12H19NO2/c1-8(7-14)11(4)13-9(2)5-12(15)6-10(13)3/h5-6,8,11,14H,7H2,1-4H3. The normalized spacial score (nSPS) is 15.0. The van der Waals surface area contributed by atoms with E-state index >= 15 is 0 Å². The lowest BCUT2D eigenvalue weighted by Crippen LogP contribution is -2.23. The minimum atomic E-state index is 0.0464. The summed E-state index contributed by atoms with van der Waals surface area (Å²) in [5, 5.41) is 9.13. The maximum atomic E-state index is 11.3. The zero-order valence-corrected chi connectivity index (χ0v) is 9.82. The van der Waals surface area contributed by atoms with Gasteiger partial charge in [-0.25, -0.2) is 0 Å².